The standard InChI is InChI=1S/C14H20F3N3O2/c1-10(2-3-11(21)20-8-14(16,17)9-20)19-6-4-13(15,5-7-19)12(18)22/h2-3,10H,4-9H2,1H3,(H2,18,22)/b3-2+/t10-/m1/s1. The first-order chi connectivity index (χ1) is 10.1. The predicted molar refractivity (Wildman–Crippen MR) is 74.0 cm³/mol. The van der Waals surface area contributed by atoms with Gasteiger partial charge in [-0.1, -0.05) is 6.08 Å². The molecule has 0 spiro atoms. The van der Waals surface area contributed by atoms with Crippen molar-refractivity contribution >= 4 is 11.8 Å². The van der Waals surface area contributed by atoms with E-state index in [9.17, 15) is 22.8 Å². The van der Waals surface area contributed by atoms with E-state index in [4.69, 9.17) is 5.73 Å². The highest BCUT2D eigenvalue weighted by Crippen LogP contribution is 2.28. The summed E-state index contributed by atoms with van der Waals surface area (Å²) in [5.41, 5.74) is 3.08. The predicted octanol–water partition coefficient (Wildman–Crippen LogP) is 0.698. The number of rotatable bonds is 4. The average Bonchev–Trinajstić information content (AvgIpc) is 2.42. The van der Waals surface area contributed by atoms with Crippen LogP contribution < -0.4 is 5.73 Å². The molecule has 0 aromatic heterocycles. The molecule has 0 aromatic carbocycles. The van der Waals surface area contributed by atoms with Crippen molar-refractivity contribution < 1.29 is 22.8 Å². The van der Waals surface area contributed by atoms with Gasteiger partial charge in [0.1, 0.15) is 0 Å². The molecule has 22 heavy (non-hydrogen) atoms. The van der Waals surface area contributed by atoms with E-state index in [-0.39, 0.29) is 18.9 Å². The third-order valence-corrected chi connectivity index (χ3v) is 4.28. The Kier molecular flexibility index (Phi) is 4.51. The number of likely N-dealkylation sites (tertiary alicyclic amines) is 2. The lowest BCUT2D eigenvalue weighted by atomic mass is 9.92. The van der Waals surface area contributed by atoms with Crippen LogP contribution in [0.4, 0.5) is 13.2 Å². The molecule has 8 heteroatoms. The molecule has 0 bridgehead atoms. The molecular formula is C14H20F3N3O2. The fraction of sp³-hybridized carbons (Fsp3) is 0.714. The number of halogens is 3. The first-order valence-corrected chi connectivity index (χ1v) is 7.21. The second-order valence-electron chi connectivity index (χ2n) is 6.02. The van der Waals surface area contributed by atoms with Crippen LogP contribution in [0, 0.1) is 0 Å². The number of amides is 2. The molecule has 0 radical (unpaired) electrons. The fourth-order valence-corrected chi connectivity index (χ4v) is 2.65. The van der Waals surface area contributed by atoms with Crippen molar-refractivity contribution in [3.05, 3.63) is 12.2 Å². The lowest BCUT2D eigenvalue weighted by molar-refractivity contribution is -0.160. The van der Waals surface area contributed by atoms with Crippen LogP contribution in [0.25, 0.3) is 0 Å². The first-order valence-electron chi connectivity index (χ1n) is 7.21. The monoisotopic (exact) mass is 319 g/mol. The highest BCUT2D eigenvalue weighted by molar-refractivity contribution is 5.88. The summed E-state index contributed by atoms with van der Waals surface area (Å²) in [6, 6.07) is -0.150. The molecule has 124 valence electrons. The number of alkyl halides is 3. The number of piperidine rings is 1. The molecule has 0 aromatic rings. The summed E-state index contributed by atoms with van der Waals surface area (Å²) in [6.07, 6.45) is 2.92. The number of primary amides is 1. The summed E-state index contributed by atoms with van der Waals surface area (Å²) >= 11 is 0. The molecule has 2 aliphatic rings. The first kappa shape index (κ1) is 16.8. The summed E-state index contributed by atoms with van der Waals surface area (Å²) in [4.78, 5) is 25.7. The molecule has 2 rings (SSSR count). The lowest BCUT2D eigenvalue weighted by Crippen LogP contribution is -2.58. The summed E-state index contributed by atoms with van der Waals surface area (Å²) in [5, 5.41) is 0. The van der Waals surface area contributed by atoms with E-state index in [1.165, 1.54) is 6.08 Å². The van der Waals surface area contributed by atoms with Gasteiger partial charge in [0.15, 0.2) is 5.67 Å². The van der Waals surface area contributed by atoms with E-state index >= 15 is 0 Å². The van der Waals surface area contributed by atoms with Gasteiger partial charge >= 0.3 is 0 Å². The molecule has 5 nitrogen and oxygen atoms in total. The third kappa shape index (κ3) is 3.60. The Morgan fingerprint density at radius 1 is 1.18 bits per heavy atom. The van der Waals surface area contributed by atoms with E-state index in [2.05, 4.69) is 0 Å². The second kappa shape index (κ2) is 5.91. The molecule has 0 saturated carbocycles. The molecule has 2 saturated heterocycles. The molecule has 2 fully saturated rings. The van der Waals surface area contributed by atoms with Gasteiger partial charge in [-0.05, 0) is 6.92 Å². The normalized spacial score (nSPS) is 25.7. The van der Waals surface area contributed by atoms with E-state index in [1.807, 2.05) is 11.8 Å². The maximum Gasteiger partial charge on any atom is 0.282 e. The minimum absolute atomic E-state index is 0.0206. The minimum Gasteiger partial charge on any atom is -0.367 e. The van der Waals surface area contributed by atoms with Crippen molar-refractivity contribution in [3.8, 4) is 0 Å². The number of carbonyl (C=O) groups excluding carboxylic acids is 2. The van der Waals surface area contributed by atoms with Gasteiger partial charge in [-0.2, -0.15) is 0 Å². The lowest BCUT2D eigenvalue weighted by Gasteiger charge is -2.38. The van der Waals surface area contributed by atoms with Crippen LogP contribution >= 0.6 is 0 Å². The van der Waals surface area contributed by atoms with Gasteiger partial charge in [0.25, 0.3) is 11.8 Å². The van der Waals surface area contributed by atoms with Gasteiger partial charge in [-0.3, -0.25) is 14.5 Å². The molecule has 2 amide bonds. The van der Waals surface area contributed by atoms with Crippen molar-refractivity contribution in [1.29, 1.82) is 0 Å². The highest BCUT2D eigenvalue weighted by atomic mass is 19.3. The topological polar surface area (TPSA) is 66.6 Å². The van der Waals surface area contributed by atoms with E-state index in [0.29, 0.717) is 13.1 Å². The number of carbonyl (C=O) groups is 2. The number of hydrogen-bond donors (Lipinski definition) is 1. The van der Waals surface area contributed by atoms with Crippen molar-refractivity contribution in [2.75, 3.05) is 26.2 Å². The molecule has 2 aliphatic heterocycles. The molecule has 0 aliphatic carbocycles. The number of nitrogens with two attached hydrogens (primary N) is 1. The van der Waals surface area contributed by atoms with Gasteiger partial charge < -0.3 is 10.6 Å². The summed E-state index contributed by atoms with van der Waals surface area (Å²) in [5.74, 6) is -4.17. The Morgan fingerprint density at radius 3 is 2.18 bits per heavy atom. The smallest absolute Gasteiger partial charge is 0.282 e. The van der Waals surface area contributed by atoms with Gasteiger partial charge in [0.2, 0.25) is 5.91 Å². The van der Waals surface area contributed by atoms with Crippen LogP contribution in [0.3, 0.4) is 0 Å². The van der Waals surface area contributed by atoms with Crippen LogP contribution in [-0.4, -0.2) is 65.4 Å². The van der Waals surface area contributed by atoms with E-state index < -0.39 is 36.5 Å². The highest BCUT2D eigenvalue weighted by Gasteiger charge is 2.45. The molecule has 1 atom stereocenters. The Balaban J connectivity index is 1.81. The maximum atomic E-state index is 14.0. The summed E-state index contributed by atoms with van der Waals surface area (Å²) in [7, 11) is 0. The van der Waals surface area contributed by atoms with Crippen LogP contribution in [-0.2, 0) is 9.59 Å². The van der Waals surface area contributed by atoms with Crippen LogP contribution in [0.5, 0.6) is 0 Å². The van der Waals surface area contributed by atoms with Gasteiger partial charge in [-0.15, -0.1) is 0 Å². The second-order valence-corrected chi connectivity index (χ2v) is 6.02. The van der Waals surface area contributed by atoms with E-state index in [1.54, 1.807) is 6.08 Å². The van der Waals surface area contributed by atoms with Crippen molar-refractivity contribution in [3.63, 3.8) is 0 Å². The SMILES string of the molecule is C[C@H](/C=C/C(=O)N1CC(F)(F)C1)N1CCC(F)(C(N)=O)CC1. The zero-order valence-corrected chi connectivity index (χ0v) is 12.4. The fourth-order valence-electron chi connectivity index (χ4n) is 2.65. The zero-order chi connectivity index (χ0) is 16.5. The van der Waals surface area contributed by atoms with Gasteiger partial charge in [0.05, 0.1) is 13.1 Å². The molecule has 0 unspecified atom stereocenters. The van der Waals surface area contributed by atoms with Gasteiger partial charge in [-0.25, -0.2) is 13.2 Å². The van der Waals surface area contributed by atoms with Crippen LogP contribution in [0.2, 0.25) is 0 Å². The molecule has 2 N–H and O–H groups in total. The molecular weight excluding hydrogens is 299 g/mol. The van der Waals surface area contributed by atoms with E-state index in [0.717, 1.165) is 4.90 Å². The third-order valence-electron chi connectivity index (χ3n) is 4.28. The summed E-state index contributed by atoms with van der Waals surface area (Å²) in [6.45, 7) is 1.43. The van der Waals surface area contributed by atoms with Crippen molar-refractivity contribution in [2.24, 2.45) is 5.73 Å². The maximum absolute atomic E-state index is 14.0. The zero-order valence-electron chi connectivity index (χ0n) is 12.4. The van der Waals surface area contributed by atoms with Crippen molar-refractivity contribution in [1.82, 2.24) is 9.80 Å². The number of nitrogens with zero attached hydrogens (tertiary/aromatic N) is 2. The number of hydrogen-bond acceptors (Lipinski definition) is 3. The Bertz CT molecular complexity index is 480. The van der Waals surface area contributed by atoms with Gasteiger partial charge in [0, 0.05) is 38.0 Å². The Morgan fingerprint density at radius 2 is 1.73 bits per heavy atom. The largest absolute Gasteiger partial charge is 0.367 e. The quantitative estimate of drug-likeness (QED) is 0.776. The van der Waals surface area contributed by atoms with Crippen molar-refractivity contribution in [2.45, 2.75) is 37.4 Å². The minimum atomic E-state index is -2.78. The Hall–Kier alpha value is -1.57. The van der Waals surface area contributed by atoms with Crippen LogP contribution in [0.1, 0.15) is 19.8 Å². The average molecular weight is 319 g/mol. The summed E-state index contributed by atoms with van der Waals surface area (Å²) < 4.78 is 39.4. The molecule has 2 heterocycles. The van der Waals surface area contributed by atoms with Crippen LogP contribution in [0.15, 0.2) is 12.2 Å². The Labute approximate surface area is 126 Å².